The van der Waals surface area contributed by atoms with E-state index in [0.717, 1.165) is 17.7 Å². The molecule has 0 aliphatic rings. The molecule has 0 aliphatic heterocycles. The summed E-state index contributed by atoms with van der Waals surface area (Å²) in [6.07, 6.45) is -2.69. The van der Waals surface area contributed by atoms with Crippen molar-refractivity contribution in [2.45, 2.75) is 20.0 Å². The summed E-state index contributed by atoms with van der Waals surface area (Å²) in [6, 6.07) is 2.98. The summed E-state index contributed by atoms with van der Waals surface area (Å²) in [5, 5.41) is 2.54. The number of carbonyl (C=O) groups is 1. The molecule has 104 valence electrons. The van der Waals surface area contributed by atoms with Gasteiger partial charge in [-0.3, -0.25) is 4.79 Å². The normalized spacial score (nSPS) is 11.1. The average Bonchev–Trinajstić information content (AvgIpc) is 2.27. The molecular weight excluding hydrogens is 323 g/mol. The maximum atomic E-state index is 12.6. The van der Waals surface area contributed by atoms with Crippen molar-refractivity contribution in [2.75, 3.05) is 6.54 Å². The SMILES string of the molecule is CC(C)=CCNC(=O)c1cc(C(F)(F)F)ccc1Br. The zero-order valence-electron chi connectivity index (χ0n) is 10.4. The van der Waals surface area contributed by atoms with E-state index >= 15 is 0 Å². The molecule has 0 fully saturated rings. The number of allylic oxidation sites excluding steroid dienone is 1. The van der Waals surface area contributed by atoms with E-state index in [1.54, 1.807) is 6.08 Å². The molecule has 1 N–H and O–H groups in total. The fourth-order valence-corrected chi connectivity index (χ4v) is 1.75. The molecule has 0 radical (unpaired) electrons. The molecule has 1 aromatic carbocycles. The minimum absolute atomic E-state index is 0.0306. The van der Waals surface area contributed by atoms with Crippen molar-refractivity contribution >= 4 is 21.8 Å². The summed E-state index contributed by atoms with van der Waals surface area (Å²) >= 11 is 3.08. The van der Waals surface area contributed by atoms with Gasteiger partial charge in [0, 0.05) is 11.0 Å². The minimum atomic E-state index is -4.46. The predicted molar refractivity (Wildman–Crippen MR) is 70.9 cm³/mol. The van der Waals surface area contributed by atoms with Crippen LogP contribution in [0.4, 0.5) is 13.2 Å². The van der Waals surface area contributed by atoms with E-state index in [1.807, 2.05) is 13.8 Å². The number of alkyl halides is 3. The average molecular weight is 336 g/mol. The molecule has 6 heteroatoms. The van der Waals surface area contributed by atoms with Crippen LogP contribution >= 0.6 is 15.9 Å². The summed E-state index contributed by atoms with van der Waals surface area (Å²) in [6.45, 7) is 4.02. The third-order valence-electron chi connectivity index (χ3n) is 2.31. The number of nitrogens with one attached hydrogen (secondary N) is 1. The van der Waals surface area contributed by atoms with E-state index in [4.69, 9.17) is 0 Å². The first-order valence-corrected chi connectivity index (χ1v) is 6.29. The Kier molecular flexibility index (Phi) is 5.17. The third-order valence-corrected chi connectivity index (χ3v) is 3.00. The third kappa shape index (κ3) is 4.70. The van der Waals surface area contributed by atoms with Crippen molar-refractivity contribution in [1.29, 1.82) is 0 Å². The molecular formula is C13H13BrF3NO. The molecule has 0 atom stereocenters. The predicted octanol–water partition coefficient (Wildman–Crippen LogP) is 4.16. The molecule has 1 rings (SSSR count). The molecule has 19 heavy (non-hydrogen) atoms. The molecule has 1 amide bonds. The second kappa shape index (κ2) is 6.23. The van der Waals surface area contributed by atoms with Crippen LogP contribution in [-0.2, 0) is 6.18 Å². The first-order valence-electron chi connectivity index (χ1n) is 5.50. The van der Waals surface area contributed by atoms with Gasteiger partial charge in [0.25, 0.3) is 5.91 Å². The molecule has 2 nitrogen and oxygen atoms in total. The lowest BCUT2D eigenvalue weighted by Gasteiger charge is -2.10. The highest BCUT2D eigenvalue weighted by Gasteiger charge is 2.31. The highest BCUT2D eigenvalue weighted by molar-refractivity contribution is 9.10. The monoisotopic (exact) mass is 335 g/mol. The number of carbonyl (C=O) groups excluding carboxylic acids is 1. The van der Waals surface area contributed by atoms with Crippen LogP contribution in [0.1, 0.15) is 29.8 Å². The van der Waals surface area contributed by atoms with Crippen molar-refractivity contribution in [3.8, 4) is 0 Å². The van der Waals surface area contributed by atoms with Gasteiger partial charge in [-0.15, -0.1) is 0 Å². The molecule has 0 saturated carbocycles. The Labute approximate surface area is 117 Å². The first-order chi connectivity index (χ1) is 8.71. The summed E-state index contributed by atoms with van der Waals surface area (Å²) in [4.78, 5) is 11.8. The van der Waals surface area contributed by atoms with E-state index in [0.29, 0.717) is 4.47 Å². The Morgan fingerprint density at radius 2 is 2.00 bits per heavy atom. The lowest BCUT2D eigenvalue weighted by molar-refractivity contribution is -0.137. The smallest absolute Gasteiger partial charge is 0.349 e. The maximum absolute atomic E-state index is 12.6. The van der Waals surface area contributed by atoms with Crippen LogP contribution < -0.4 is 5.32 Å². The highest BCUT2D eigenvalue weighted by atomic mass is 79.9. The van der Waals surface area contributed by atoms with E-state index in [-0.39, 0.29) is 12.1 Å². The van der Waals surface area contributed by atoms with Gasteiger partial charge in [0.15, 0.2) is 0 Å². The van der Waals surface area contributed by atoms with Gasteiger partial charge in [-0.2, -0.15) is 13.2 Å². The number of hydrogen-bond acceptors (Lipinski definition) is 1. The summed E-state index contributed by atoms with van der Waals surface area (Å²) in [5.74, 6) is -0.546. The number of hydrogen-bond donors (Lipinski definition) is 1. The van der Waals surface area contributed by atoms with Crippen LogP contribution in [0.25, 0.3) is 0 Å². The van der Waals surface area contributed by atoms with Crippen molar-refractivity contribution < 1.29 is 18.0 Å². The summed E-state index contributed by atoms with van der Waals surface area (Å²) < 4.78 is 38.0. The molecule has 0 saturated heterocycles. The van der Waals surface area contributed by atoms with Gasteiger partial charge in [0.1, 0.15) is 0 Å². The highest BCUT2D eigenvalue weighted by Crippen LogP contribution is 2.31. The number of amides is 1. The lowest BCUT2D eigenvalue weighted by atomic mass is 10.1. The number of benzene rings is 1. The van der Waals surface area contributed by atoms with Crippen molar-refractivity contribution in [2.24, 2.45) is 0 Å². The van der Waals surface area contributed by atoms with Crippen LogP contribution in [0.3, 0.4) is 0 Å². The fourth-order valence-electron chi connectivity index (χ4n) is 1.32. The maximum Gasteiger partial charge on any atom is 0.416 e. The largest absolute Gasteiger partial charge is 0.416 e. The molecule has 0 heterocycles. The molecule has 0 aromatic heterocycles. The van der Waals surface area contributed by atoms with E-state index in [1.165, 1.54) is 6.07 Å². The molecule has 1 aromatic rings. The summed E-state index contributed by atoms with van der Waals surface area (Å²) in [7, 11) is 0. The van der Waals surface area contributed by atoms with Gasteiger partial charge in [-0.05, 0) is 48.0 Å². The topological polar surface area (TPSA) is 29.1 Å². The molecule has 0 unspecified atom stereocenters. The quantitative estimate of drug-likeness (QED) is 0.825. The van der Waals surface area contributed by atoms with Gasteiger partial charge in [0.05, 0.1) is 11.1 Å². The van der Waals surface area contributed by atoms with Crippen molar-refractivity contribution in [3.63, 3.8) is 0 Å². The standard InChI is InChI=1S/C13H13BrF3NO/c1-8(2)5-6-18-12(19)10-7-9(13(15,16)17)3-4-11(10)14/h3-5,7H,6H2,1-2H3,(H,18,19). The second-order valence-electron chi connectivity index (χ2n) is 4.18. The van der Waals surface area contributed by atoms with Crippen LogP contribution in [0.5, 0.6) is 0 Å². The van der Waals surface area contributed by atoms with E-state index in [9.17, 15) is 18.0 Å². The van der Waals surface area contributed by atoms with Gasteiger partial charge >= 0.3 is 6.18 Å². The van der Waals surface area contributed by atoms with E-state index < -0.39 is 17.6 Å². The lowest BCUT2D eigenvalue weighted by Crippen LogP contribution is -2.24. The van der Waals surface area contributed by atoms with Crippen LogP contribution in [0, 0.1) is 0 Å². The van der Waals surface area contributed by atoms with Crippen molar-refractivity contribution in [1.82, 2.24) is 5.32 Å². The Bertz CT molecular complexity index is 505. The van der Waals surface area contributed by atoms with Gasteiger partial charge < -0.3 is 5.32 Å². The van der Waals surface area contributed by atoms with Crippen molar-refractivity contribution in [3.05, 3.63) is 45.4 Å². The van der Waals surface area contributed by atoms with Crippen LogP contribution in [0.2, 0.25) is 0 Å². The summed E-state index contributed by atoms with van der Waals surface area (Å²) in [5.41, 5.74) is 0.142. The zero-order valence-corrected chi connectivity index (χ0v) is 12.0. The van der Waals surface area contributed by atoms with Gasteiger partial charge in [-0.1, -0.05) is 11.6 Å². The Hall–Kier alpha value is -1.30. The number of rotatable bonds is 3. The van der Waals surface area contributed by atoms with Crippen LogP contribution in [-0.4, -0.2) is 12.5 Å². The Morgan fingerprint density at radius 3 is 2.53 bits per heavy atom. The molecule has 0 spiro atoms. The zero-order chi connectivity index (χ0) is 14.6. The number of halogens is 4. The Balaban J connectivity index is 2.93. The molecule has 0 bridgehead atoms. The second-order valence-corrected chi connectivity index (χ2v) is 5.04. The Morgan fingerprint density at radius 1 is 1.37 bits per heavy atom. The van der Waals surface area contributed by atoms with E-state index in [2.05, 4.69) is 21.2 Å². The minimum Gasteiger partial charge on any atom is -0.349 e. The first kappa shape index (κ1) is 15.8. The van der Waals surface area contributed by atoms with Gasteiger partial charge in [-0.25, -0.2) is 0 Å². The molecule has 0 aliphatic carbocycles. The van der Waals surface area contributed by atoms with Crippen LogP contribution in [0.15, 0.2) is 34.3 Å². The fraction of sp³-hybridized carbons (Fsp3) is 0.308. The van der Waals surface area contributed by atoms with Gasteiger partial charge in [0.2, 0.25) is 0 Å².